The van der Waals surface area contributed by atoms with Crippen molar-refractivity contribution < 1.29 is 67.1 Å². The summed E-state index contributed by atoms with van der Waals surface area (Å²) >= 11 is 0. The Morgan fingerprint density at radius 3 is 2.31 bits per heavy atom. The Morgan fingerprint density at radius 2 is 1.48 bits per heavy atom. The Labute approximate surface area is 341 Å². The molecule has 14 nitrogen and oxygen atoms in total. The summed E-state index contributed by atoms with van der Waals surface area (Å²) in [6, 6.07) is 0. The van der Waals surface area contributed by atoms with Gasteiger partial charge in [-0.3, -0.25) is 4.79 Å². The van der Waals surface area contributed by atoms with Crippen molar-refractivity contribution in [1.82, 2.24) is 0 Å². The summed E-state index contributed by atoms with van der Waals surface area (Å²) in [5, 5.41) is 20.9. The molecule has 0 amide bonds. The number of rotatable bonds is 10. The van der Waals surface area contributed by atoms with Crippen LogP contribution in [0.2, 0.25) is 0 Å². The lowest BCUT2D eigenvalue weighted by molar-refractivity contribution is -0.355. The molecule has 0 saturated carbocycles. The Kier molecular flexibility index (Phi) is 10.7. The van der Waals surface area contributed by atoms with Crippen LogP contribution in [0.15, 0.2) is 24.3 Å². The summed E-state index contributed by atoms with van der Waals surface area (Å²) in [7, 11) is 0. The van der Waals surface area contributed by atoms with Crippen LogP contribution in [-0.4, -0.2) is 144 Å². The van der Waals surface area contributed by atoms with E-state index in [9.17, 15) is 15.0 Å². The molecule has 21 atom stereocenters. The molecule has 0 radical (unpaired) electrons. The number of aliphatic carboxylic acids is 1. The standard InChI is InChI=1S/C44H64O14/c1-20-13-24(50-29(22(20)3)16-31-36(47)23(4)37-32(52-31)17-30-34(55-37)19-48-43(5,6)56-30)7-9-27-21(2)14-26(49-27)11-12-44-18-33-39(57-44)40-41(54-33)42(58-44)38-28(53-40)10-8-25(51-38)15-35(45)46/h20,23-34,36-42,47H,2-3,7-19H2,1,4-6H3,(H,45,46). The third-order valence-electron chi connectivity index (χ3n) is 15.2. The number of fused-ring (bicyclic) bond motifs is 3. The van der Waals surface area contributed by atoms with Gasteiger partial charge in [-0.25, -0.2) is 0 Å². The minimum atomic E-state index is -0.866. The molecule has 0 aromatic rings. The molecular formula is C44H64O14. The Hall–Kier alpha value is -1.53. The number of ether oxygens (including phenoxy) is 11. The molecular weight excluding hydrogens is 752 g/mol. The second-order valence-electron chi connectivity index (χ2n) is 19.7. The lowest BCUT2D eigenvalue weighted by atomic mass is 9.79. The van der Waals surface area contributed by atoms with Crippen LogP contribution in [0.1, 0.15) is 105 Å². The molecule has 11 aliphatic heterocycles. The van der Waals surface area contributed by atoms with E-state index in [-0.39, 0.29) is 110 Å². The highest BCUT2D eigenvalue weighted by Gasteiger charge is 2.69. The number of hydrogen-bond donors (Lipinski definition) is 2. The molecule has 2 N–H and O–H groups in total. The van der Waals surface area contributed by atoms with Crippen LogP contribution >= 0.6 is 0 Å². The highest BCUT2D eigenvalue weighted by Crippen LogP contribution is 2.54. The Balaban J connectivity index is 0.725. The van der Waals surface area contributed by atoms with Crippen LogP contribution in [0.4, 0.5) is 0 Å². The van der Waals surface area contributed by atoms with Crippen LogP contribution in [0, 0.1) is 11.8 Å². The molecule has 324 valence electrons. The minimum Gasteiger partial charge on any atom is -0.481 e. The monoisotopic (exact) mass is 816 g/mol. The maximum atomic E-state index is 11.5. The van der Waals surface area contributed by atoms with E-state index in [1.807, 2.05) is 13.8 Å². The second-order valence-corrected chi connectivity index (χ2v) is 19.7. The van der Waals surface area contributed by atoms with E-state index in [0.717, 1.165) is 49.7 Å². The van der Waals surface area contributed by atoms with Gasteiger partial charge in [0.25, 0.3) is 0 Å². The summed E-state index contributed by atoms with van der Waals surface area (Å²) in [6.45, 7) is 17.5. The largest absolute Gasteiger partial charge is 0.481 e. The number of hydrogen-bond acceptors (Lipinski definition) is 13. The zero-order valence-electron chi connectivity index (χ0n) is 34.4. The molecule has 11 heterocycles. The number of carbonyl (C=O) groups is 1. The van der Waals surface area contributed by atoms with Crippen molar-refractivity contribution in [3.05, 3.63) is 24.3 Å². The zero-order chi connectivity index (χ0) is 40.2. The van der Waals surface area contributed by atoms with Gasteiger partial charge in [-0.1, -0.05) is 27.0 Å². The summed E-state index contributed by atoms with van der Waals surface area (Å²) in [4.78, 5) is 11.5. The third kappa shape index (κ3) is 7.46. The second kappa shape index (κ2) is 15.4. The fraction of sp³-hybridized carbons (Fsp3) is 0.886. The molecule has 58 heavy (non-hydrogen) atoms. The number of carboxylic acids is 1. The summed E-state index contributed by atoms with van der Waals surface area (Å²) in [6.07, 6.45) is 3.80. The molecule has 0 aliphatic carbocycles. The zero-order valence-corrected chi connectivity index (χ0v) is 34.4. The van der Waals surface area contributed by atoms with Gasteiger partial charge >= 0.3 is 5.97 Å². The first-order chi connectivity index (χ1) is 27.7. The van der Waals surface area contributed by atoms with Crippen LogP contribution < -0.4 is 0 Å². The van der Waals surface area contributed by atoms with Crippen LogP contribution in [0.25, 0.3) is 0 Å². The molecule has 0 aromatic heterocycles. The maximum absolute atomic E-state index is 11.5. The lowest BCUT2D eigenvalue weighted by Gasteiger charge is -2.53. The third-order valence-corrected chi connectivity index (χ3v) is 15.2. The number of aliphatic hydroxyl groups excluding tert-OH is 1. The SMILES string of the molecule is C=C1CC(CCC23CC4OC5C(OC6CCC(CC(=O)O)OC6C5O2)C4O3)OC1CCC1CC(C)C(=C)C(CC2OC3CC4OC(C)(C)OCC4OC3C(C)C2O)O1. The molecule has 11 aliphatic rings. The van der Waals surface area contributed by atoms with Gasteiger partial charge in [-0.15, -0.1) is 0 Å². The maximum Gasteiger partial charge on any atom is 0.305 e. The molecule has 0 aromatic carbocycles. The average Bonchev–Trinajstić information content (AvgIpc) is 3.76. The fourth-order valence-corrected chi connectivity index (χ4v) is 12.1. The van der Waals surface area contributed by atoms with Gasteiger partial charge in [-0.2, -0.15) is 0 Å². The predicted molar refractivity (Wildman–Crippen MR) is 204 cm³/mol. The molecule has 11 fully saturated rings. The van der Waals surface area contributed by atoms with Crippen LogP contribution in [-0.2, 0) is 56.9 Å². The first kappa shape index (κ1) is 40.5. The van der Waals surface area contributed by atoms with E-state index < -0.39 is 35.9 Å². The quantitative estimate of drug-likeness (QED) is 0.297. The molecule has 21 unspecified atom stereocenters. The Morgan fingerprint density at radius 1 is 0.724 bits per heavy atom. The lowest BCUT2D eigenvalue weighted by Crippen LogP contribution is -2.63. The van der Waals surface area contributed by atoms with E-state index >= 15 is 0 Å². The molecule has 11 rings (SSSR count). The molecule has 0 spiro atoms. The summed E-state index contributed by atoms with van der Waals surface area (Å²) in [5.74, 6) is -2.19. The van der Waals surface area contributed by atoms with Gasteiger partial charge in [0.2, 0.25) is 0 Å². The van der Waals surface area contributed by atoms with E-state index in [1.165, 1.54) is 0 Å². The smallest absolute Gasteiger partial charge is 0.305 e. The normalized spacial score (nSPS) is 52.8. The molecule has 6 bridgehead atoms. The van der Waals surface area contributed by atoms with Crippen LogP contribution in [0.5, 0.6) is 0 Å². The van der Waals surface area contributed by atoms with Gasteiger partial charge in [0.05, 0.1) is 86.3 Å². The van der Waals surface area contributed by atoms with Crippen molar-refractivity contribution in [2.45, 2.75) is 226 Å². The highest BCUT2D eigenvalue weighted by atomic mass is 16.8. The van der Waals surface area contributed by atoms with Gasteiger partial charge in [0.1, 0.15) is 36.6 Å². The van der Waals surface area contributed by atoms with Crippen LogP contribution in [0.3, 0.4) is 0 Å². The van der Waals surface area contributed by atoms with Gasteiger partial charge in [0.15, 0.2) is 11.6 Å². The van der Waals surface area contributed by atoms with Crippen molar-refractivity contribution in [2.75, 3.05) is 6.61 Å². The fourth-order valence-electron chi connectivity index (χ4n) is 12.1. The van der Waals surface area contributed by atoms with Crippen molar-refractivity contribution in [2.24, 2.45) is 11.8 Å². The number of carboxylic acid groups (broad SMARTS) is 1. The highest BCUT2D eigenvalue weighted by molar-refractivity contribution is 5.67. The Bertz CT molecular complexity index is 1590. The van der Waals surface area contributed by atoms with Crippen molar-refractivity contribution in [3.63, 3.8) is 0 Å². The summed E-state index contributed by atoms with van der Waals surface area (Å²) < 4.78 is 71.5. The van der Waals surface area contributed by atoms with E-state index in [0.29, 0.717) is 38.7 Å². The topological polar surface area (TPSA) is 159 Å². The van der Waals surface area contributed by atoms with Crippen molar-refractivity contribution in [3.8, 4) is 0 Å². The van der Waals surface area contributed by atoms with Crippen molar-refractivity contribution in [1.29, 1.82) is 0 Å². The number of aliphatic hydroxyl groups is 1. The molecule has 14 heteroatoms. The average molecular weight is 817 g/mol. The minimum absolute atomic E-state index is 0.00215. The van der Waals surface area contributed by atoms with E-state index in [4.69, 9.17) is 52.1 Å². The van der Waals surface area contributed by atoms with E-state index in [1.54, 1.807) is 0 Å². The summed E-state index contributed by atoms with van der Waals surface area (Å²) in [5.41, 5.74) is 2.16. The van der Waals surface area contributed by atoms with Crippen molar-refractivity contribution >= 4 is 5.97 Å². The first-order valence-electron chi connectivity index (χ1n) is 22.2. The van der Waals surface area contributed by atoms with E-state index in [2.05, 4.69) is 27.0 Å². The van der Waals surface area contributed by atoms with Gasteiger partial charge < -0.3 is 62.3 Å². The van der Waals surface area contributed by atoms with Gasteiger partial charge in [0, 0.05) is 31.6 Å². The van der Waals surface area contributed by atoms with Gasteiger partial charge in [-0.05, 0) is 75.9 Å². The first-order valence-corrected chi connectivity index (χ1v) is 22.2. The molecule has 11 saturated heterocycles. The predicted octanol–water partition coefficient (Wildman–Crippen LogP) is 4.51.